The topological polar surface area (TPSA) is 32.3 Å². The van der Waals surface area contributed by atoms with Gasteiger partial charge in [-0.05, 0) is 62.6 Å². The molecule has 2 saturated carbocycles. The Labute approximate surface area is 170 Å². The molecule has 2 atom stereocenters. The molecule has 1 amide bonds. The van der Waals surface area contributed by atoms with Gasteiger partial charge in [0.15, 0.2) is 0 Å². The van der Waals surface area contributed by atoms with Gasteiger partial charge in [-0.25, -0.2) is 0 Å². The van der Waals surface area contributed by atoms with E-state index in [1.165, 1.54) is 4.90 Å². The Morgan fingerprint density at radius 2 is 1.86 bits per heavy atom. The van der Waals surface area contributed by atoms with E-state index in [4.69, 9.17) is 0 Å². The van der Waals surface area contributed by atoms with Crippen LogP contribution in [0.25, 0.3) is 6.08 Å². The summed E-state index contributed by atoms with van der Waals surface area (Å²) >= 11 is 0. The van der Waals surface area contributed by atoms with E-state index >= 15 is 0 Å². The number of nitrogens with one attached hydrogen (secondary N) is 1. The van der Waals surface area contributed by atoms with Crippen molar-refractivity contribution in [3.8, 4) is 0 Å². The van der Waals surface area contributed by atoms with Gasteiger partial charge >= 0.3 is 12.1 Å². The third-order valence-electron chi connectivity index (χ3n) is 7.02. The Morgan fingerprint density at radius 1 is 1.21 bits per heavy atom. The lowest BCUT2D eigenvalue weighted by atomic mass is 9.60. The average molecular weight is 406 g/mol. The molecule has 1 aromatic rings. The van der Waals surface area contributed by atoms with Crippen LogP contribution in [0.1, 0.15) is 51.0 Å². The summed E-state index contributed by atoms with van der Waals surface area (Å²) in [6, 6.07) is 9.26. The van der Waals surface area contributed by atoms with Crippen LogP contribution >= 0.6 is 0 Å². The van der Waals surface area contributed by atoms with Crippen molar-refractivity contribution >= 4 is 12.0 Å². The lowest BCUT2D eigenvalue weighted by Crippen LogP contribution is -2.59. The van der Waals surface area contributed by atoms with Gasteiger partial charge in [0.05, 0.1) is 0 Å². The Balaban J connectivity index is 1.51. The van der Waals surface area contributed by atoms with E-state index in [1.807, 2.05) is 37.3 Å². The number of nitrogens with zero attached hydrogens (tertiary/aromatic N) is 1. The number of hydrogen-bond acceptors (Lipinski definition) is 2. The Bertz CT molecular complexity index is 760. The van der Waals surface area contributed by atoms with Crippen molar-refractivity contribution in [1.82, 2.24) is 10.2 Å². The normalized spacial score (nSPS) is 26.8. The van der Waals surface area contributed by atoms with Gasteiger partial charge in [0, 0.05) is 18.0 Å². The van der Waals surface area contributed by atoms with Crippen molar-refractivity contribution in [3.05, 3.63) is 41.5 Å². The highest BCUT2D eigenvalue weighted by Gasteiger charge is 2.58. The number of carbonyl (C=O) groups is 1. The molecule has 29 heavy (non-hydrogen) atoms. The van der Waals surface area contributed by atoms with E-state index in [0.717, 1.165) is 43.5 Å². The molecule has 1 aromatic carbocycles. The molecule has 3 nitrogen and oxygen atoms in total. The summed E-state index contributed by atoms with van der Waals surface area (Å²) < 4.78 is 40.1. The highest BCUT2D eigenvalue weighted by Crippen LogP contribution is 2.54. The fourth-order valence-corrected chi connectivity index (χ4v) is 5.36. The molecule has 1 N–H and O–H groups in total. The van der Waals surface area contributed by atoms with E-state index in [9.17, 15) is 18.0 Å². The van der Waals surface area contributed by atoms with Gasteiger partial charge in [-0.2, -0.15) is 13.2 Å². The van der Waals surface area contributed by atoms with Gasteiger partial charge in [-0.15, -0.1) is 0 Å². The highest BCUT2D eigenvalue weighted by atomic mass is 19.4. The summed E-state index contributed by atoms with van der Waals surface area (Å²) in [7, 11) is 0. The van der Waals surface area contributed by atoms with Crippen LogP contribution < -0.4 is 5.32 Å². The molecule has 4 rings (SSSR count). The lowest BCUT2D eigenvalue weighted by Gasteiger charge is -2.54. The van der Waals surface area contributed by atoms with Crippen LogP contribution in [0.3, 0.4) is 0 Å². The minimum atomic E-state index is -4.81. The summed E-state index contributed by atoms with van der Waals surface area (Å²) in [6.07, 6.45) is 2.12. The first-order valence-electron chi connectivity index (χ1n) is 10.7. The fourth-order valence-electron chi connectivity index (χ4n) is 5.36. The minimum Gasteiger partial charge on any atom is -0.328 e. The Hall–Kier alpha value is -1.82. The molecule has 3 fully saturated rings. The summed E-state index contributed by atoms with van der Waals surface area (Å²) in [5.74, 6) is -1.61. The van der Waals surface area contributed by atoms with Crippen molar-refractivity contribution < 1.29 is 18.0 Å². The van der Waals surface area contributed by atoms with Gasteiger partial charge in [0.2, 0.25) is 0 Å². The van der Waals surface area contributed by atoms with E-state index in [0.29, 0.717) is 19.3 Å². The molecule has 1 aliphatic heterocycles. The van der Waals surface area contributed by atoms with Crippen molar-refractivity contribution in [2.75, 3.05) is 13.1 Å². The molecule has 1 saturated heterocycles. The third-order valence-corrected chi connectivity index (χ3v) is 7.02. The SMILES string of the molecule is CC/C(=C\c1ccccc1)[C@@H]1C[C@H]1N(C(=O)C(F)(F)F)C1CC2(CCNCC2)C1. The number of benzene rings is 1. The second kappa shape index (κ2) is 7.78. The zero-order chi connectivity index (χ0) is 20.6. The van der Waals surface area contributed by atoms with Gasteiger partial charge in [0.25, 0.3) is 0 Å². The minimum absolute atomic E-state index is 0.0380. The van der Waals surface area contributed by atoms with E-state index in [2.05, 4.69) is 11.4 Å². The smallest absolute Gasteiger partial charge is 0.328 e. The monoisotopic (exact) mass is 406 g/mol. The van der Waals surface area contributed by atoms with Gasteiger partial charge in [0.1, 0.15) is 0 Å². The van der Waals surface area contributed by atoms with Crippen LogP contribution in [0.5, 0.6) is 0 Å². The number of hydrogen-bond donors (Lipinski definition) is 1. The molecule has 1 spiro atoms. The molecule has 0 aromatic heterocycles. The first kappa shape index (κ1) is 20.5. The number of carbonyl (C=O) groups excluding carboxylic acids is 1. The first-order chi connectivity index (χ1) is 13.8. The second-order valence-corrected chi connectivity index (χ2v) is 8.92. The van der Waals surface area contributed by atoms with Crippen LogP contribution in [-0.2, 0) is 4.79 Å². The highest BCUT2D eigenvalue weighted by molar-refractivity contribution is 5.83. The maximum atomic E-state index is 13.4. The second-order valence-electron chi connectivity index (χ2n) is 8.92. The molecule has 1 heterocycles. The number of piperidine rings is 1. The van der Waals surface area contributed by atoms with E-state index < -0.39 is 12.1 Å². The molecule has 0 bridgehead atoms. The van der Waals surface area contributed by atoms with Crippen LogP contribution in [0.15, 0.2) is 35.9 Å². The quantitative estimate of drug-likeness (QED) is 0.762. The predicted octanol–water partition coefficient (Wildman–Crippen LogP) is 4.79. The van der Waals surface area contributed by atoms with E-state index in [-0.39, 0.29) is 23.4 Å². The number of rotatable bonds is 5. The third kappa shape index (κ3) is 4.23. The van der Waals surface area contributed by atoms with Gasteiger partial charge in [-0.1, -0.05) is 48.9 Å². The van der Waals surface area contributed by atoms with Crippen LogP contribution in [0.4, 0.5) is 13.2 Å². The number of amides is 1. The zero-order valence-corrected chi connectivity index (χ0v) is 16.8. The van der Waals surface area contributed by atoms with Crippen LogP contribution in [0, 0.1) is 11.3 Å². The summed E-state index contributed by atoms with van der Waals surface area (Å²) in [4.78, 5) is 13.6. The maximum absolute atomic E-state index is 13.4. The zero-order valence-electron chi connectivity index (χ0n) is 16.8. The molecular weight excluding hydrogens is 377 g/mol. The van der Waals surface area contributed by atoms with E-state index in [1.54, 1.807) is 0 Å². The lowest BCUT2D eigenvalue weighted by molar-refractivity contribution is -0.193. The molecule has 0 unspecified atom stereocenters. The fraction of sp³-hybridized carbons (Fsp3) is 0.609. The molecule has 3 aliphatic rings. The summed E-state index contributed by atoms with van der Waals surface area (Å²) in [5, 5.41) is 3.32. The molecular formula is C23H29F3N2O. The maximum Gasteiger partial charge on any atom is 0.471 e. The number of alkyl halides is 3. The van der Waals surface area contributed by atoms with Crippen molar-refractivity contribution in [2.45, 2.75) is 63.7 Å². The largest absolute Gasteiger partial charge is 0.471 e. The van der Waals surface area contributed by atoms with Crippen molar-refractivity contribution in [1.29, 1.82) is 0 Å². The van der Waals surface area contributed by atoms with Crippen molar-refractivity contribution in [2.24, 2.45) is 11.3 Å². The molecule has 6 heteroatoms. The molecule has 0 radical (unpaired) electrons. The van der Waals surface area contributed by atoms with Crippen LogP contribution in [-0.4, -0.2) is 42.2 Å². The molecule has 158 valence electrons. The summed E-state index contributed by atoms with van der Waals surface area (Å²) in [6.45, 7) is 3.88. The van der Waals surface area contributed by atoms with Crippen LogP contribution in [0.2, 0.25) is 0 Å². The number of halogens is 3. The van der Waals surface area contributed by atoms with Gasteiger partial charge < -0.3 is 10.2 Å². The van der Waals surface area contributed by atoms with Crippen molar-refractivity contribution in [3.63, 3.8) is 0 Å². The average Bonchev–Trinajstić information content (AvgIpc) is 3.46. The molecule has 2 aliphatic carbocycles. The first-order valence-corrected chi connectivity index (χ1v) is 10.7. The summed E-state index contributed by atoms with van der Waals surface area (Å²) in [5.41, 5.74) is 2.33. The van der Waals surface area contributed by atoms with Gasteiger partial charge in [-0.3, -0.25) is 4.79 Å². The standard InChI is InChI=1S/C23H29F3N2O/c1-2-17(12-16-6-4-3-5-7-16)19-13-20(19)28(21(29)23(24,25)26)18-14-22(15-18)8-10-27-11-9-22/h3-7,12,18-20,27H,2,8-11,13-15H2,1H3/b17-12+/t19-,20+/m0/s1. The Kier molecular flexibility index (Phi) is 5.49. The Morgan fingerprint density at radius 3 is 2.45 bits per heavy atom. The predicted molar refractivity (Wildman–Crippen MR) is 107 cm³/mol.